The minimum absolute atomic E-state index is 0.229. The van der Waals surface area contributed by atoms with Crippen LogP contribution in [-0.4, -0.2) is 21.1 Å². The highest BCUT2D eigenvalue weighted by atomic mass is 32.2. The van der Waals surface area contributed by atoms with Crippen LogP contribution in [0.2, 0.25) is 0 Å². The zero-order valence-corrected chi connectivity index (χ0v) is 7.26. The van der Waals surface area contributed by atoms with Crippen molar-refractivity contribution >= 4 is 15.8 Å². The van der Waals surface area contributed by atoms with Crippen molar-refractivity contribution in [3.8, 4) is 0 Å². The third kappa shape index (κ3) is 1.31. The standard InChI is InChI=1S/C7H11NO2S/c1-5-8-10-4-7(11(5)9)6-2-3-6/h6-7H,2-4H2,1H3. The molecule has 0 aromatic carbocycles. The summed E-state index contributed by atoms with van der Waals surface area (Å²) in [4.78, 5) is 4.96. The van der Waals surface area contributed by atoms with Gasteiger partial charge in [-0.3, -0.25) is 4.21 Å². The van der Waals surface area contributed by atoms with Crippen LogP contribution >= 0.6 is 0 Å². The van der Waals surface area contributed by atoms with Crippen molar-refractivity contribution in [2.75, 3.05) is 6.61 Å². The predicted molar refractivity (Wildman–Crippen MR) is 43.7 cm³/mol. The number of hydrogen-bond donors (Lipinski definition) is 0. The molecule has 1 aliphatic carbocycles. The highest BCUT2D eigenvalue weighted by Crippen LogP contribution is 2.36. The summed E-state index contributed by atoms with van der Waals surface area (Å²) in [5.74, 6) is 0.640. The summed E-state index contributed by atoms with van der Waals surface area (Å²) >= 11 is 0. The molecule has 1 heterocycles. The van der Waals surface area contributed by atoms with Crippen molar-refractivity contribution in [3.63, 3.8) is 0 Å². The second-order valence-corrected chi connectivity index (χ2v) is 4.87. The molecule has 1 aliphatic heterocycles. The monoisotopic (exact) mass is 173 g/mol. The molecule has 0 bridgehead atoms. The first-order valence-electron chi connectivity index (χ1n) is 3.86. The molecule has 1 saturated carbocycles. The van der Waals surface area contributed by atoms with Gasteiger partial charge in [0.15, 0.2) is 0 Å². The summed E-state index contributed by atoms with van der Waals surface area (Å²) < 4.78 is 11.5. The summed E-state index contributed by atoms with van der Waals surface area (Å²) in [6, 6.07) is 0. The second kappa shape index (κ2) is 2.59. The molecule has 11 heavy (non-hydrogen) atoms. The van der Waals surface area contributed by atoms with Crippen molar-refractivity contribution in [3.05, 3.63) is 0 Å². The molecule has 0 saturated heterocycles. The topological polar surface area (TPSA) is 38.7 Å². The van der Waals surface area contributed by atoms with Crippen LogP contribution in [0.3, 0.4) is 0 Å². The Morgan fingerprint density at radius 3 is 3.00 bits per heavy atom. The summed E-state index contributed by atoms with van der Waals surface area (Å²) in [6.07, 6.45) is 2.43. The van der Waals surface area contributed by atoms with Crippen molar-refractivity contribution in [1.82, 2.24) is 0 Å². The number of hydrogen-bond acceptors (Lipinski definition) is 3. The van der Waals surface area contributed by atoms with Gasteiger partial charge in [0.05, 0.1) is 16.0 Å². The van der Waals surface area contributed by atoms with Gasteiger partial charge in [-0.05, 0) is 25.7 Å². The first-order chi connectivity index (χ1) is 5.29. The molecular formula is C7H11NO2S. The molecule has 1 fully saturated rings. The van der Waals surface area contributed by atoms with E-state index in [0.29, 0.717) is 17.6 Å². The van der Waals surface area contributed by atoms with E-state index < -0.39 is 10.8 Å². The Morgan fingerprint density at radius 1 is 1.64 bits per heavy atom. The maximum absolute atomic E-state index is 11.5. The molecule has 2 atom stereocenters. The van der Waals surface area contributed by atoms with E-state index in [1.54, 1.807) is 6.92 Å². The number of rotatable bonds is 1. The van der Waals surface area contributed by atoms with Gasteiger partial charge in [-0.1, -0.05) is 5.16 Å². The molecule has 62 valence electrons. The van der Waals surface area contributed by atoms with Crippen molar-refractivity contribution in [1.29, 1.82) is 0 Å². The van der Waals surface area contributed by atoms with Gasteiger partial charge < -0.3 is 4.84 Å². The molecule has 2 aliphatic rings. The third-order valence-corrected chi connectivity index (χ3v) is 3.87. The normalized spacial score (nSPS) is 37.7. The van der Waals surface area contributed by atoms with E-state index in [1.165, 1.54) is 12.8 Å². The second-order valence-electron chi connectivity index (χ2n) is 3.08. The molecule has 0 aromatic heterocycles. The van der Waals surface area contributed by atoms with Gasteiger partial charge in [-0.2, -0.15) is 0 Å². The molecule has 4 heteroatoms. The van der Waals surface area contributed by atoms with E-state index in [1.807, 2.05) is 0 Å². The Labute approximate surface area is 68.3 Å². The number of nitrogens with zero attached hydrogens (tertiary/aromatic N) is 1. The Kier molecular flexibility index (Phi) is 1.71. The Balaban J connectivity index is 2.12. The van der Waals surface area contributed by atoms with Gasteiger partial charge >= 0.3 is 0 Å². The average Bonchev–Trinajstić information content (AvgIpc) is 2.77. The Morgan fingerprint density at radius 2 is 2.36 bits per heavy atom. The van der Waals surface area contributed by atoms with Crippen LogP contribution in [0, 0.1) is 5.92 Å². The van der Waals surface area contributed by atoms with Crippen LogP contribution in [0.25, 0.3) is 0 Å². The fraction of sp³-hybridized carbons (Fsp3) is 0.857. The van der Waals surface area contributed by atoms with Crippen LogP contribution < -0.4 is 0 Å². The summed E-state index contributed by atoms with van der Waals surface area (Å²) in [6.45, 7) is 2.32. The van der Waals surface area contributed by atoms with E-state index in [-0.39, 0.29) is 5.25 Å². The molecule has 0 spiro atoms. The molecule has 2 rings (SSSR count). The summed E-state index contributed by atoms with van der Waals surface area (Å²) in [5, 5.41) is 4.56. The van der Waals surface area contributed by atoms with Gasteiger partial charge in [-0.25, -0.2) is 0 Å². The maximum atomic E-state index is 11.5. The summed E-state index contributed by atoms with van der Waals surface area (Å²) in [7, 11) is -0.865. The van der Waals surface area contributed by atoms with Crippen molar-refractivity contribution < 1.29 is 9.05 Å². The largest absolute Gasteiger partial charge is 0.394 e. The Bertz CT molecular complexity index is 222. The minimum Gasteiger partial charge on any atom is -0.394 e. The van der Waals surface area contributed by atoms with Crippen molar-refractivity contribution in [2.45, 2.75) is 25.0 Å². The molecule has 2 unspecified atom stereocenters. The quantitative estimate of drug-likeness (QED) is 0.590. The highest BCUT2D eigenvalue weighted by Gasteiger charge is 2.38. The van der Waals surface area contributed by atoms with Crippen molar-refractivity contribution in [2.24, 2.45) is 11.1 Å². The summed E-state index contributed by atoms with van der Waals surface area (Å²) in [5.41, 5.74) is 0. The third-order valence-electron chi connectivity index (χ3n) is 2.15. The molecule has 3 nitrogen and oxygen atoms in total. The number of oxime groups is 1. The maximum Gasteiger partial charge on any atom is 0.141 e. The molecule has 0 radical (unpaired) electrons. The van der Waals surface area contributed by atoms with Gasteiger partial charge in [0.1, 0.15) is 11.7 Å². The lowest BCUT2D eigenvalue weighted by atomic mass is 10.3. The molecule has 0 N–H and O–H groups in total. The first kappa shape index (κ1) is 7.28. The van der Waals surface area contributed by atoms with E-state index in [0.717, 1.165) is 0 Å². The zero-order chi connectivity index (χ0) is 7.84. The van der Waals surface area contributed by atoms with Gasteiger partial charge in [0, 0.05) is 0 Å². The minimum atomic E-state index is -0.865. The fourth-order valence-electron chi connectivity index (χ4n) is 1.30. The van der Waals surface area contributed by atoms with Crippen LogP contribution in [0.15, 0.2) is 5.16 Å². The Hall–Kier alpha value is -0.380. The van der Waals surface area contributed by atoms with Crippen LogP contribution in [0.1, 0.15) is 19.8 Å². The van der Waals surface area contributed by atoms with E-state index >= 15 is 0 Å². The van der Waals surface area contributed by atoms with Gasteiger partial charge in [0.2, 0.25) is 0 Å². The van der Waals surface area contributed by atoms with E-state index in [2.05, 4.69) is 5.16 Å². The lowest BCUT2D eigenvalue weighted by Gasteiger charge is -2.18. The molecular weight excluding hydrogens is 162 g/mol. The van der Waals surface area contributed by atoms with Gasteiger partial charge in [-0.15, -0.1) is 0 Å². The fourth-order valence-corrected chi connectivity index (χ4v) is 2.67. The van der Waals surface area contributed by atoms with E-state index in [4.69, 9.17) is 4.84 Å². The van der Waals surface area contributed by atoms with Crippen LogP contribution in [0.5, 0.6) is 0 Å². The molecule has 0 aromatic rings. The SMILES string of the molecule is CC1=NOCC(C2CC2)S1=O. The smallest absolute Gasteiger partial charge is 0.141 e. The lowest BCUT2D eigenvalue weighted by molar-refractivity contribution is 0.137. The lowest BCUT2D eigenvalue weighted by Crippen LogP contribution is -2.31. The van der Waals surface area contributed by atoms with Crippen LogP contribution in [-0.2, 0) is 15.6 Å². The van der Waals surface area contributed by atoms with E-state index in [9.17, 15) is 4.21 Å². The zero-order valence-electron chi connectivity index (χ0n) is 6.45. The van der Waals surface area contributed by atoms with Gasteiger partial charge in [0.25, 0.3) is 0 Å². The first-order valence-corrected chi connectivity index (χ1v) is 5.07. The van der Waals surface area contributed by atoms with Crippen LogP contribution in [0.4, 0.5) is 0 Å². The average molecular weight is 173 g/mol. The predicted octanol–water partition coefficient (Wildman–Crippen LogP) is 0.877. The molecule has 0 amide bonds. The highest BCUT2D eigenvalue weighted by molar-refractivity contribution is 8.01.